The fourth-order valence-corrected chi connectivity index (χ4v) is 2.93. The van der Waals surface area contributed by atoms with Crippen molar-refractivity contribution >= 4 is 17.3 Å². The zero-order valence-corrected chi connectivity index (χ0v) is 15.5. The second kappa shape index (κ2) is 7.78. The van der Waals surface area contributed by atoms with Crippen LogP contribution < -0.4 is 5.73 Å². The van der Waals surface area contributed by atoms with E-state index in [0.717, 1.165) is 38.9 Å². The average molecular weight is 359 g/mol. The maximum Gasteiger partial charge on any atom is 0.204 e. The predicted molar refractivity (Wildman–Crippen MR) is 107 cm³/mol. The fourth-order valence-electron chi connectivity index (χ4n) is 2.93. The number of aromatic nitrogens is 4. The summed E-state index contributed by atoms with van der Waals surface area (Å²) in [5.74, 6) is 0. The Morgan fingerprint density at radius 1 is 1.00 bits per heavy atom. The lowest BCUT2D eigenvalue weighted by Gasteiger charge is -2.09. The summed E-state index contributed by atoms with van der Waals surface area (Å²) < 4.78 is 1.81. The predicted octanol–water partition coefficient (Wildman–Crippen LogP) is 3.42. The number of carbonyl (C=O) groups excluding carboxylic acids is 1. The number of nitrogens with zero attached hydrogens (tertiary/aromatic N) is 4. The van der Waals surface area contributed by atoms with E-state index in [1.807, 2.05) is 43.4 Å². The van der Waals surface area contributed by atoms with Crippen molar-refractivity contribution in [2.24, 2.45) is 12.8 Å². The molecule has 0 fully saturated rings. The van der Waals surface area contributed by atoms with Crippen LogP contribution in [-0.4, -0.2) is 26.2 Å². The van der Waals surface area contributed by atoms with E-state index in [2.05, 4.69) is 58.1 Å². The molecule has 0 unspecified atom stereocenters. The number of carbonyl (C=O) groups is 1. The smallest absolute Gasteiger partial charge is 0.204 e. The first-order chi connectivity index (χ1) is 13.0. The molecule has 0 saturated carbocycles. The van der Waals surface area contributed by atoms with Gasteiger partial charge in [0.05, 0.1) is 17.9 Å². The van der Waals surface area contributed by atoms with Gasteiger partial charge >= 0.3 is 0 Å². The van der Waals surface area contributed by atoms with Gasteiger partial charge in [0.25, 0.3) is 0 Å². The van der Waals surface area contributed by atoms with Crippen molar-refractivity contribution in [3.05, 3.63) is 66.4 Å². The Bertz CT molecular complexity index is 1080. The molecule has 0 aliphatic heterocycles. The fraction of sp³-hybridized carbons (Fsp3) is 0.143. The summed E-state index contributed by atoms with van der Waals surface area (Å²) in [7, 11) is 1.93. The van der Waals surface area contributed by atoms with E-state index in [-0.39, 0.29) is 6.41 Å². The number of pyridine rings is 2. The van der Waals surface area contributed by atoms with Gasteiger partial charge in [-0.2, -0.15) is 5.10 Å². The van der Waals surface area contributed by atoms with Gasteiger partial charge in [0.1, 0.15) is 0 Å². The molecule has 6 nitrogen and oxygen atoms in total. The molecule has 0 atom stereocenters. The number of benzene rings is 1. The Kier molecular flexibility index (Phi) is 5.26. The Morgan fingerprint density at radius 3 is 2.30 bits per heavy atom. The van der Waals surface area contributed by atoms with Crippen molar-refractivity contribution in [3.63, 3.8) is 0 Å². The van der Waals surface area contributed by atoms with E-state index in [4.69, 9.17) is 4.79 Å². The third-order valence-electron chi connectivity index (χ3n) is 4.42. The highest BCUT2D eigenvalue weighted by Gasteiger charge is 2.08. The summed E-state index contributed by atoms with van der Waals surface area (Å²) in [6.45, 7) is 4.13. The minimum Gasteiger partial charge on any atom is -0.372 e. The summed E-state index contributed by atoms with van der Waals surface area (Å²) in [6.07, 6.45) is 7.89. The van der Waals surface area contributed by atoms with Crippen molar-refractivity contribution in [1.82, 2.24) is 19.7 Å². The highest BCUT2D eigenvalue weighted by molar-refractivity contribution is 5.94. The Labute approximate surface area is 157 Å². The lowest BCUT2D eigenvalue weighted by Crippen LogP contribution is -1.92. The van der Waals surface area contributed by atoms with Gasteiger partial charge in [0.2, 0.25) is 6.41 Å². The molecule has 1 amide bonds. The van der Waals surface area contributed by atoms with Crippen LogP contribution in [-0.2, 0) is 11.8 Å². The van der Waals surface area contributed by atoms with Gasteiger partial charge in [-0.05, 0) is 36.6 Å². The van der Waals surface area contributed by atoms with Gasteiger partial charge in [-0.25, -0.2) is 0 Å². The van der Waals surface area contributed by atoms with Crippen molar-refractivity contribution < 1.29 is 4.79 Å². The van der Waals surface area contributed by atoms with Crippen LogP contribution in [0.4, 0.5) is 0 Å². The maximum atomic E-state index is 8.58. The van der Waals surface area contributed by atoms with E-state index >= 15 is 0 Å². The molecule has 0 radical (unpaired) electrons. The standard InChI is InChI=1S/C20H18N4.CH3NO/c1-13-8-18-19(10-21-11-20(18)23-14(13)2)16-6-4-15(5-7-16)17-9-22-24(3)12-17;2-1-3/h4-12H,1-3H3;1H,(H2,2,3). The van der Waals surface area contributed by atoms with E-state index in [1.165, 1.54) is 5.56 Å². The van der Waals surface area contributed by atoms with Crippen LogP contribution in [0.3, 0.4) is 0 Å². The zero-order valence-electron chi connectivity index (χ0n) is 15.5. The number of hydrogen-bond donors (Lipinski definition) is 1. The third kappa shape index (κ3) is 3.84. The van der Waals surface area contributed by atoms with Crippen molar-refractivity contribution in [2.45, 2.75) is 13.8 Å². The number of fused-ring (bicyclic) bond motifs is 1. The Hall–Kier alpha value is -3.54. The SMILES string of the molecule is Cc1cc2c(-c3ccc(-c4cnn(C)c4)cc3)cncc2nc1C.NC=O. The normalized spacial score (nSPS) is 10.3. The Balaban J connectivity index is 0.000000659. The molecule has 136 valence electrons. The van der Waals surface area contributed by atoms with Gasteiger partial charge in [0, 0.05) is 41.6 Å². The topological polar surface area (TPSA) is 86.7 Å². The minimum absolute atomic E-state index is 0.250. The number of amides is 1. The van der Waals surface area contributed by atoms with E-state index in [0.29, 0.717) is 0 Å². The van der Waals surface area contributed by atoms with Crippen molar-refractivity contribution in [2.75, 3.05) is 0 Å². The molecule has 0 bridgehead atoms. The maximum absolute atomic E-state index is 8.58. The number of primary amides is 1. The lowest BCUT2D eigenvalue weighted by molar-refractivity contribution is -0.106. The van der Waals surface area contributed by atoms with E-state index in [1.54, 1.807) is 0 Å². The quantitative estimate of drug-likeness (QED) is 0.556. The summed E-state index contributed by atoms with van der Waals surface area (Å²) in [4.78, 5) is 17.6. The van der Waals surface area contributed by atoms with Crippen LogP contribution in [0.15, 0.2) is 55.1 Å². The first-order valence-corrected chi connectivity index (χ1v) is 8.50. The van der Waals surface area contributed by atoms with Crippen LogP contribution in [0.5, 0.6) is 0 Å². The molecule has 3 aromatic heterocycles. The summed E-state index contributed by atoms with van der Waals surface area (Å²) in [5, 5.41) is 5.37. The first kappa shape index (κ1) is 18.3. The monoisotopic (exact) mass is 359 g/mol. The third-order valence-corrected chi connectivity index (χ3v) is 4.42. The van der Waals surface area contributed by atoms with Crippen LogP contribution in [0.25, 0.3) is 33.2 Å². The van der Waals surface area contributed by atoms with Crippen molar-refractivity contribution in [1.29, 1.82) is 0 Å². The van der Waals surface area contributed by atoms with Crippen LogP contribution in [0.2, 0.25) is 0 Å². The second-order valence-electron chi connectivity index (χ2n) is 6.26. The molecule has 0 aliphatic carbocycles. The first-order valence-electron chi connectivity index (χ1n) is 8.50. The molecule has 0 spiro atoms. The number of hydrogen-bond acceptors (Lipinski definition) is 4. The highest BCUT2D eigenvalue weighted by atomic mass is 16.1. The summed E-state index contributed by atoms with van der Waals surface area (Å²) in [6, 6.07) is 10.7. The summed E-state index contributed by atoms with van der Waals surface area (Å²) >= 11 is 0. The zero-order chi connectivity index (χ0) is 19.4. The van der Waals surface area contributed by atoms with Gasteiger partial charge in [-0.1, -0.05) is 24.3 Å². The van der Waals surface area contributed by atoms with Crippen LogP contribution in [0, 0.1) is 13.8 Å². The molecule has 4 rings (SSSR count). The van der Waals surface area contributed by atoms with Gasteiger partial charge in [-0.3, -0.25) is 19.4 Å². The molecule has 0 aliphatic rings. The average Bonchev–Trinajstić information content (AvgIpc) is 3.09. The largest absolute Gasteiger partial charge is 0.372 e. The molecule has 0 saturated heterocycles. The van der Waals surface area contributed by atoms with E-state index < -0.39 is 0 Å². The molecular weight excluding hydrogens is 338 g/mol. The highest BCUT2D eigenvalue weighted by Crippen LogP contribution is 2.30. The molecule has 6 heteroatoms. The molecule has 3 heterocycles. The molecule has 27 heavy (non-hydrogen) atoms. The lowest BCUT2D eigenvalue weighted by atomic mass is 9.99. The number of nitrogens with two attached hydrogens (primary N) is 1. The molecular formula is C21H21N5O. The number of rotatable bonds is 2. The van der Waals surface area contributed by atoms with Gasteiger partial charge < -0.3 is 5.73 Å². The van der Waals surface area contributed by atoms with Crippen molar-refractivity contribution in [3.8, 4) is 22.3 Å². The molecule has 2 N–H and O–H groups in total. The van der Waals surface area contributed by atoms with Gasteiger partial charge in [0.15, 0.2) is 0 Å². The van der Waals surface area contributed by atoms with Crippen LogP contribution >= 0.6 is 0 Å². The molecule has 1 aromatic carbocycles. The Morgan fingerprint density at radius 2 is 1.67 bits per heavy atom. The van der Waals surface area contributed by atoms with E-state index in [9.17, 15) is 0 Å². The van der Waals surface area contributed by atoms with Crippen LogP contribution in [0.1, 0.15) is 11.3 Å². The van der Waals surface area contributed by atoms with Gasteiger partial charge in [-0.15, -0.1) is 0 Å². The molecule has 4 aromatic rings. The minimum atomic E-state index is 0.250. The second-order valence-corrected chi connectivity index (χ2v) is 6.26. The number of aryl methyl sites for hydroxylation is 3. The summed E-state index contributed by atoms with van der Waals surface area (Å²) in [5.41, 5.74) is 11.9.